The lowest BCUT2D eigenvalue weighted by atomic mass is 10.2. The molecule has 2 aromatic rings. The van der Waals surface area contributed by atoms with Crippen LogP contribution in [0.3, 0.4) is 0 Å². The molecular formula is C19H22BrN3O3S. The minimum Gasteiger partial charge on any atom is -0.351 e. The summed E-state index contributed by atoms with van der Waals surface area (Å²) in [6, 6.07) is 15.8. The van der Waals surface area contributed by atoms with Crippen molar-refractivity contribution in [2.45, 2.75) is 4.90 Å². The molecular weight excluding hydrogens is 430 g/mol. The Morgan fingerprint density at radius 3 is 2.37 bits per heavy atom. The SMILES string of the molecule is O=C(NCCN1CCN(S(=O)(=O)c2ccccc2)CC1)c1cccc(Br)c1. The molecule has 0 radical (unpaired) electrons. The number of carbonyl (C=O) groups excluding carboxylic acids is 1. The Kier molecular flexibility index (Phi) is 6.64. The maximum atomic E-state index is 12.6. The number of carbonyl (C=O) groups is 1. The van der Waals surface area contributed by atoms with E-state index < -0.39 is 10.0 Å². The summed E-state index contributed by atoms with van der Waals surface area (Å²) < 4.78 is 27.6. The number of halogens is 1. The van der Waals surface area contributed by atoms with Crippen LogP contribution in [0.5, 0.6) is 0 Å². The van der Waals surface area contributed by atoms with Gasteiger partial charge in [-0.3, -0.25) is 9.69 Å². The lowest BCUT2D eigenvalue weighted by molar-refractivity contribution is 0.0945. The summed E-state index contributed by atoms with van der Waals surface area (Å²) in [5.41, 5.74) is 0.614. The fourth-order valence-electron chi connectivity index (χ4n) is 2.99. The molecule has 6 nitrogen and oxygen atoms in total. The van der Waals surface area contributed by atoms with Crippen molar-refractivity contribution >= 4 is 31.9 Å². The molecule has 1 aliphatic rings. The number of amides is 1. The first-order valence-electron chi connectivity index (χ1n) is 8.78. The lowest BCUT2D eigenvalue weighted by Gasteiger charge is -2.33. The van der Waals surface area contributed by atoms with Crippen LogP contribution in [0, 0.1) is 0 Å². The molecule has 8 heteroatoms. The zero-order valence-corrected chi connectivity index (χ0v) is 17.2. The highest BCUT2D eigenvalue weighted by molar-refractivity contribution is 9.10. The molecule has 1 aliphatic heterocycles. The molecule has 1 amide bonds. The summed E-state index contributed by atoms with van der Waals surface area (Å²) in [6.07, 6.45) is 0. The molecule has 0 unspecified atom stereocenters. The van der Waals surface area contributed by atoms with Crippen LogP contribution in [0.15, 0.2) is 64.0 Å². The normalized spacial score (nSPS) is 16.2. The summed E-state index contributed by atoms with van der Waals surface area (Å²) in [7, 11) is -3.43. The number of piperazine rings is 1. The highest BCUT2D eigenvalue weighted by Crippen LogP contribution is 2.17. The largest absolute Gasteiger partial charge is 0.351 e. The standard InChI is InChI=1S/C19H22BrN3O3S/c20-17-6-4-5-16(15-17)19(24)21-9-10-22-11-13-23(14-12-22)27(25,26)18-7-2-1-3-8-18/h1-8,15H,9-14H2,(H,21,24). The van der Waals surface area contributed by atoms with Gasteiger partial charge in [-0.05, 0) is 30.3 Å². The minimum atomic E-state index is -3.43. The third-order valence-electron chi connectivity index (χ3n) is 4.51. The van der Waals surface area contributed by atoms with Crippen LogP contribution in [0.25, 0.3) is 0 Å². The van der Waals surface area contributed by atoms with Crippen LogP contribution in [0.2, 0.25) is 0 Å². The van der Waals surface area contributed by atoms with Crippen molar-refractivity contribution in [1.82, 2.24) is 14.5 Å². The molecule has 0 spiro atoms. The first-order chi connectivity index (χ1) is 13.0. The first-order valence-corrected chi connectivity index (χ1v) is 11.0. The number of nitrogens with one attached hydrogen (secondary N) is 1. The zero-order chi connectivity index (χ0) is 19.3. The predicted octanol–water partition coefficient (Wildman–Crippen LogP) is 2.19. The van der Waals surface area contributed by atoms with E-state index in [1.165, 1.54) is 4.31 Å². The Balaban J connectivity index is 1.45. The maximum Gasteiger partial charge on any atom is 0.251 e. The number of rotatable bonds is 6. The Bertz CT molecular complexity index is 882. The number of nitrogens with zero attached hydrogens (tertiary/aromatic N) is 2. The van der Waals surface area contributed by atoms with Gasteiger partial charge in [-0.2, -0.15) is 4.31 Å². The zero-order valence-electron chi connectivity index (χ0n) is 14.8. The summed E-state index contributed by atoms with van der Waals surface area (Å²) >= 11 is 3.36. The molecule has 2 aromatic carbocycles. The fourth-order valence-corrected chi connectivity index (χ4v) is 4.84. The summed E-state index contributed by atoms with van der Waals surface area (Å²) in [5.74, 6) is -0.110. The molecule has 1 N–H and O–H groups in total. The van der Waals surface area contributed by atoms with Gasteiger partial charge < -0.3 is 5.32 Å². The molecule has 0 aliphatic carbocycles. The number of hydrogen-bond donors (Lipinski definition) is 1. The smallest absolute Gasteiger partial charge is 0.251 e. The van der Waals surface area contributed by atoms with Gasteiger partial charge in [0.2, 0.25) is 10.0 Å². The average molecular weight is 452 g/mol. The summed E-state index contributed by atoms with van der Waals surface area (Å²) in [6.45, 7) is 3.43. The molecule has 1 fully saturated rings. The van der Waals surface area contributed by atoms with Crippen LogP contribution in [-0.4, -0.2) is 62.8 Å². The fraction of sp³-hybridized carbons (Fsp3) is 0.316. The van der Waals surface area contributed by atoms with Gasteiger partial charge in [0.05, 0.1) is 4.90 Å². The third-order valence-corrected chi connectivity index (χ3v) is 6.92. The van der Waals surface area contributed by atoms with Gasteiger partial charge in [-0.25, -0.2) is 8.42 Å². The first kappa shape index (κ1) is 20.0. The van der Waals surface area contributed by atoms with Gasteiger partial charge in [-0.1, -0.05) is 40.2 Å². The van der Waals surface area contributed by atoms with Crippen molar-refractivity contribution in [2.75, 3.05) is 39.3 Å². The molecule has 0 bridgehead atoms. The second-order valence-electron chi connectivity index (χ2n) is 6.33. The van der Waals surface area contributed by atoms with Gasteiger partial charge in [-0.15, -0.1) is 0 Å². The Labute approximate surface area is 168 Å². The Hall–Kier alpha value is -1.74. The van der Waals surface area contributed by atoms with Gasteiger partial charge in [0.15, 0.2) is 0 Å². The van der Waals surface area contributed by atoms with Crippen LogP contribution in [-0.2, 0) is 10.0 Å². The lowest BCUT2D eigenvalue weighted by Crippen LogP contribution is -2.50. The number of sulfonamides is 1. The van der Waals surface area contributed by atoms with E-state index in [4.69, 9.17) is 0 Å². The summed E-state index contributed by atoms with van der Waals surface area (Å²) in [4.78, 5) is 14.6. The van der Waals surface area contributed by atoms with Crippen molar-refractivity contribution in [3.63, 3.8) is 0 Å². The van der Waals surface area contributed by atoms with E-state index in [0.29, 0.717) is 49.7 Å². The second kappa shape index (κ2) is 8.97. The quantitative estimate of drug-likeness (QED) is 0.730. The second-order valence-corrected chi connectivity index (χ2v) is 9.18. The van der Waals surface area contributed by atoms with E-state index in [1.807, 2.05) is 12.1 Å². The van der Waals surface area contributed by atoms with Crippen LogP contribution < -0.4 is 5.32 Å². The Morgan fingerprint density at radius 2 is 1.70 bits per heavy atom. The molecule has 27 heavy (non-hydrogen) atoms. The van der Waals surface area contributed by atoms with Gasteiger partial charge in [0.1, 0.15) is 0 Å². The molecule has 0 aromatic heterocycles. The topological polar surface area (TPSA) is 69.7 Å². The molecule has 1 heterocycles. The molecule has 0 saturated carbocycles. The van der Waals surface area contributed by atoms with Gasteiger partial charge in [0.25, 0.3) is 5.91 Å². The minimum absolute atomic E-state index is 0.110. The number of benzene rings is 2. The predicted molar refractivity (Wildman–Crippen MR) is 108 cm³/mol. The van der Waals surface area contributed by atoms with Crippen LogP contribution in [0.1, 0.15) is 10.4 Å². The van der Waals surface area contributed by atoms with E-state index in [-0.39, 0.29) is 5.91 Å². The van der Waals surface area contributed by atoms with Crippen LogP contribution in [0.4, 0.5) is 0 Å². The molecule has 3 rings (SSSR count). The van der Waals surface area contributed by atoms with E-state index in [2.05, 4.69) is 26.1 Å². The van der Waals surface area contributed by atoms with Crippen LogP contribution >= 0.6 is 15.9 Å². The maximum absolute atomic E-state index is 12.6. The van der Waals surface area contributed by atoms with Gasteiger partial charge >= 0.3 is 0 Å². The monoisotopic (exact) mass is 451 g/mol. The molecule has 1 saturated heterocycles. The van der Waals surface area contributed by atoms with Crippen molar-refractivity contribution in [1.29, 1.82) is 0 Å². The molecule has 144 valence electrons. The average Bonchev–Trinajstić information content (AvgIpc) is 2.69. The van der Waals surface area contributed by atoms with E-state index in [9.17, 15) is 13.2 Å². The van der Waals surface area contributed by atoms with Crippen molar-refractivity contribution in [3.8, 4) is 0 Å². The van der Waals surface area contributed by atoms with Crippen molar-refractivity contribution in [3.05, 3.63) is 64.6 Å². The van der Waals surface area contributed by atoms with E-state index in [1.54, 1.807) is 42.5 Å². The van der Waals surface area contributed by atoms with Crippen molar-refractivity contribution < 1.29 is 13.2 Å². The third kappa shape index (κ3) is 5.16. The van der Waals surface area contributed by atoms with E-state index in [0.717, 1.165) is 4.47 Å². The number of hydrogen-bond acceptors (Lipinski definition) is 4. The molecule has 0 atom stereocenters. The van der Waals surface area contributed by atoms with Crippen molar-refractivity contribution in [2.24, 2.45) is 0 Å². The highest BCUT2D eigenvalue weighted by Gasteiger charge is 2.28. The Morgan fingerprint density at radius 1 is 1.00 bits per heavy atom. The van der Waals surface area contributed by atoms with E-state index >= 15 is 0 Å². The summed E-state index contributed by atoms with van der Waals surface area (Å²) in [5, 5.41) is 2.91. The highest BCUT2D eigenvalue weighted by atomic mass is 79.9. The van der Waals surface area contributed by atoms with Gasteiger partial charge in [0, 0.05) is 49.3 Å².